The molecule has 0 saturated heterocycles. The molecule has 0 aliphatic heterocycles. The maximum atomic E-state index is 12.5. The Morgan fingerprint density at radius 2 is 0.900 bits per heavy atom. The van der Waals surface area contributed by atoms with Gasteiger partial charge in [-0.3, -0.25) is 0 Å². The molecule has 0 aliphatic carbocycles. The van der Waals surface area contributed by atoms with Crippen LogP contribution in [0.5, 0.6) is 11.5 Å². The number of esters is 2. The minimum Gasteiger partial charge on any atom is -0.423 e. The number of ether oxygens (including phenoxy) is 2. The first-order chi connectivity index (χ1) is 14.5. The third kappa shape index (κ3) is 4.08. The van der Waals surface area contributed by atoms with E-state index in [1.54, 1.807) is 38.1 Å². The van der Waals surface area contributed by atoms with E-state index in [4.69, 9.17) is 9.47 Å². The van der Waals surface area contributed by atoms with Crippen LogP contribution >= 0.6 is 0 Å². The van der Waals surface area contributed by atoms with E-state index in [-0.39, 0.29) is 11.1 Å². The third-order valence-corrected chi connectivity index (χ3v) is 5.04. The molecule has 0 bridgehead atoms. The molecule has 0 saturated carbocycles. The summed E-state index contributed by atoms with van der Waals surface area (Å²) >= 11 is 0. The fourth-order valence-electron chi connectivity index (χ4n) is 3.14. The zero-order valence-corrected chi connectivity index (χ0v) is 16.7. The first-order valence-electron chi connectivity index (χ1n) is 9.61. The summed E-state index contributed by atoms with van der Waals surface area (Å²) in [5, 5.41) is 4.05. The van der Waals surface area contributed by atoms with E-state index in [1.165, 1.54) is 0 Å². The number of carbonyl (C=O) groups is 2. The zero-order chi connectivity index (χ0) is 21.1. The van der Waals surface area contributed by atoms with Crippen LogP contribution in [0.15, 0.2) is 96.1 Å². The lowest BCUT2D eigenvalue weighted by Crippen LogP contribution is -2.17. The molecule has 4 rings (SSSR count). The van der Waals surface area contributed by atoms with Gasteiger partial charge in [0.05, 0.1) is 0 Å². The van der Waals surface area contributed by atoms with Crippen LogP contribution in [0.25, 0.3) is 21.5 Å². The number of carbonyl (C=O) groups excluding carboxylic acids is 2. The van der Waals surface area contributed by atoms with Crippen LogP contribution in [-0.2, 0) is 9.59 Å². The molecule has 0 N–H and O–H groups in total. The molecule has 4 heteroatoms. The molecular formula is C26H20O4. The molecule has 148 valence electrons. The smallest absolute Gasteiger partial charge is 0.339 e. The van der Waals surface area contributed by atoms with Gasteiger partial charge in [-0.2, -0.15) is 0 Å². The lowest BCUT2D eigenvalue weighted by atomic mass is 10.1. The molecule has 0 radical (unpaired) electrons. The van der Waals surface area contributed by atoms with Crippen LogP contribution in [0.2, 0.25) is 0 Å². The van der Waals surface area contributed by atoms with Crippen LogP contribution in [0.1, 0.15) is 13.8 Å². The zero-order valence-electron chi connectivity index (χ0n) is 16.7. The molecule has 0 atom stereocenters. The van der Waals surface area contributed by atoms with Gasteiger partial charge in [0.1, 0.15) is 11.5 Å². The Labute approximate surface area is 174 Å². The van der Waals surface area contributed by atoms with Crippen LogP contribution in [0.3, 0.4) is 0 Å². The number of rotatable bonds is 4. The Bertz CT molecular complexity index is 1200. The molecule has 4 nitrogen and oxygen atoms in total. The highest BCUT2D eigenvalue weighted by Gasteiger charge is 2.18. The topological polar surface area (TPSA) is 52.6 Å². The van der Waals surface area contributed by atoms with Crippen molar-refractivity contribution >= 4 is 33.5 Å². The predicted octanol–water partition coefficient (Wildman–Crippen LogP) is 5.84. The molecule has 4 aromatic carbocycles. The summed E-state index contributed by atoms with van der Waals surface area (Å²) in [5.74, 6) is -0.320. The summed E-state index contributed by atoms with van der Waals surface area (Å²) in [6.45, 7) is 3.11. The van der Waals surface area contributed by atoms with E-state index in [0.29, 0.717) is 11.5 Å². The monoisotopic (exact) mass is 396 g/mol. The van der Waals surface area contributed by atoms with E-state index >= 15 is 0 Å². The first kappa shape index (κ1) is 19.4. The minimum absolute atomic E-state index is 0.203. The van der Waals surface area contributed by atoms with Crippen molar-refractivity contribution in [3.63, 3.8) is 0 Å². The Balaban J connectivity index is 1.49. The first-order valence-corrected chi connectivity index (χ1v) is 9.61. The molecule has 0 heterocycles. The molecular weight excluding hydrogens is 376 g/mol. The lowest BCUT2D eigenvalue weighted by Gasteiger charge is -2.10. The van der Waals surface area contributed by atoms with Gasteiger partial charge in [-0.1, -0.05) is 60.7 Å². The highest BCUT2D eigenvalue weighted by atomic mass is 16.5. The molecule has 30 heavy (non-hydrogen) atoms. The van der Waals surface area contributed by atoms with E-state index in [2.05, 4.69) is 0 Å². The van der Waals surface area contributed by atoms with Crippen molar-refractivity contribution < 1.29 is 19.1 Å². The van der Waals surface area contributed by atoms with Gasteiger partial charge in [-0.15, -0.1) is 0 Å². The van der Waals surface area contributed by atoms with Crippen molar-refractivity contribution in [2.24, 2.45) is 0 Å². The molecule has 0 spiro atoms. The maximum Gasteiger partial charge on any atom is 0.339 e. The third-order valence-electron chi connectivity index (χ3n) is 5.04. The van der Waals surface area contributed by atoms with E-state index in [9.17, 15) is 9.59 Å². The van der Waals surface area contributed by atoms with E-state index < -0.39 is 11.9 Å². The van der Waals surface area contributed by atoms with Gasteiger partial charge in [0.15, 0.2) is 0 Å². The fraction of sp³-hybridized carbons (Fsp3) is 0.0769. The van der Waals surface area contributed by atoms with Gasteiger partial charge in [-0.05, 0) is 59.7 Å². The standard InChI is InChI=1S/C26H20O4/c1-17(25(27)29-23-13-11-19-7-3-5-9-21(19)15-23)18(2)26(28)30-24-14-12-20-8-4-6-10-22(20)16-24/h3-16H,1-2H3/b18-17-. The second kappa shape index (κ2) is 8.21. The fourth-order valence-corrected chi connectivity index (χ4v) is 3.14. The average Bonchev–Trinajstić information content (AvgIpc) is 2.77. The van der Waals surface area contributed by atoms with Crippen LogP contribution in [0, 0.1) is 0 Å². The Kier molecular flexibility index (Phi) is 5.31. The number of fused-ring (bicyclic) bond motifs is 2. The maximum absolute atomic E-state index is 12.5. The number of benzene rings is 4. The molecule has 0 fully saturated rings. The Morgan fingerprint density at radius 3 is 1.30 bits per heavy atom. The van der Waals surface area contributed by atoms with Gasteiger partial charge >= 0.3 is 11.9 Å². The van der Waals surface area contributed by atoms with Crippen molar-refractivity contribution in [3.8, 4) is 11.5 Å². The summed E-state index contributed by atoms with van der Waals surface area (Å²) in [6, 6.07) is 26.4. The summed E-state index contributed by atoms with van der Waals surface area (Å²) < 4.78 is 10.9. The van der Waals surface area contributed by atoms with Crippen molar-refractivity contribution in [1.82, 2.24) is 0 Å². The molecule has 0 unspecified atom stereocenters. The summed E-state index contributed by atoms with van der Waals surface area (Å²) in [5.41, 5.74) is 0.405. The number of hydrogen-bond acceptors (Lipinski definition) is 4. The van der Waals surface area contributed by atoms with Crippen molar-refractivity contribution in [2.45, 2.75) is 13.8 Å². The molecule has 4 aromatic rings. The Hall–Kier alpha value is -3.92. The van der Waals surface area contributed by atoms with Crippen LogP contribution in [-0.4, -0.2) is 11.9 Å². The van der Waals surface area contributed by atoms with Gasteiger partial charge in [0.2, 0.25) is 0 Å². The Morgan fingerprint density at radius 1 is 0.533 bits per heavy atom. The normalized spacial score (nSPS) is 11.8. The van der Waals surface area contributed by atoms with Crippen LogP contribution in [0.4, 0.5) is 0 Å². The summed E-state index contributed by atoms with van der Waals surface area (Å²) in [7, 11) is 0. The van der Waals surface area contributed by atoms with E-state index in [1.807, 2.05) is 60.7 Å². The second-order valence-electron chi connectivity index (χ2n) is 7.05. The van der Waals surface area contributed by atoms with Gasteiger partial charge < -0.3 is 9.47 Å². The molecule has 0 amide bonds. The van der Waals surface area contributed by atoms with Gasteiger partial charge in [0, 0.05) is 11.1 Å². The molecule has 0 aromatic heterocycles. The second-order valence-corrected chi connectivity index (χ2v) is 7.05. The lowest BCUT2D eigenvalue weighted by molar-refractivity contribution is -0.133. The summed E-state index contributed by atoms with van der Waals surface area (Å²) in [4.78, 5) is 25.1. The largest absolute Gasteiger partial charge is 0.423 e. The van der Waals surface area contributed by atoms with Gasteiger partial charge in [-0.25, -0.2) is 9.59 Å². The highest BCUT2D eigenvalue weighted by molar-refractivity contribution is 6.01. The predicted molar refractivity (Wildman–Crippen MR) is 118 cm³/mol. The van der Waals surface area contributed by atoms with Crippen molar-refractivity contribution in [1.29, 1.82) is 0 Å². The van der Waals surface area contributed by atoms with Crippen LogP contribution < -0.4 is 9.47 Å². The quantitative estimate of drug-likeness (QED) is 0.247. The number of hydrogen-bond donors (Lipinski definition) is 0. The average molecular weight is 396 g/mol. The highest BCUT2D eigenvalue weighted by Crippen LogP contribution is 2.23. The summed E-state index contributed by atoms with van der Waals surface area (Å²) in [6.07, 6.45) is 0. The molecule has 0 aliphatic rings. The minimum atomic E-state index is -0.585. The van der Waals surface area contributed by atoms with Crippen molar-refractivity contribution in [2.75, 3.05) is 0 Å². The SMILES string of the molecule is C/C(C(=O)Oc1ccc2ccccc2c1)=C(\C)C(=O)Oc1ccc2ccccc2c1. The van der Waals surface area contributed by atoms with E-state index in [0.717, 1.165) is 21.5 Å². The van der Waals surface area contributed by atoms with Gasteiger partial charge in [0.25, 0.3) is 0 Å². The van der Waals surface area contributed by atoms with Crippen molar-refractivity contribution in [3.05, 3.63) is 96.1 Å².